The van der Waals surface area contributed by atoms with Gasteiger partial charge in [0, 0.05) is 22.7 Å². The van der Waals surface area contributed by atoms with E-state index in [1.807, 2.05) is 26.0 Å². The molecule has 3 N–H and O–H groups in total. The molecule has 2 bridgehead atoms. The summed E-state index contributed by atoms with van der Waals surface area (Å²) in [5.41, 5.74) is -2.16. The van der Waals surface area contributed by atoms with Crippen molar-refractivity contribution < 1.29 is 29.6 Å². The van der Waals surface area contributed by atoms with Gasteiger partial charge in [-0.3, -0.25) is 4.79 Å². The van der Waals surface area contributed by atoms with Crippen LogP contribution in [0.2, 0.25) is 0 Å². The second kappa shape index (κ2) is 5.30. The van der Waals surface area contributed by atoms with E-state index >= 15 is 0 Å². The van der Waals surface area contributed by atoms with E-state index in [1.165, 1.54) is 13.8 Å². The van der Waals surface area contributed by atoms with Crippen molar-refractivity contribution in [2.45, 2.75) is 78.2 Å². The molecule has 2 spiro atoms. The molecule has 31 heavy (non-hydrogen) atoms. The molecule has 7 aliphatic rings. The van der Waals surface area contributed by atoms with E-state index in [0.717, 1.165) is 12.8 Å². The maximum atomic E-state index is 14.1. The number of carbonyl (C=O) groups excluding carboxylic acids is 1. The highest BCUT2D eigenvalue weighted by molar-refractivity contribution is 5.99. The Balaban J connectivity index is 1.61. The predicted octanol–water partition coefficient (Wildman–Crippen LogP) is 2.26. The maximum absolute atomic E-state index is 14.1. The molecule has 10 atom stereocenters. The van der Waals surface area contributed by atoms with Crippen molar-refractivity contribution >= 4 is 5.78 Å². The minimum Gasteiger partial charge on any atom is -0.388 e. The molecule has 7 rings (SSSR count). The van der Waals surface area contributed by atoms with Crippen LogP contribution in [0.5, 0.6) is 0 Å². The Bertz CT molecular complexity index is 900. The molecule has 172 valence electrons. The van der Waals surface area contributed by atoms with Gasteiger partial charge in [0.05, 0.1) is 18.1 Å². The maximum Gasteiger partial charge on any atom is 0.211 e. The van der Waals surface area contributed by atoms with Crippen molar-refractivity contribution in [1.82, 2.24) is 0 Å². The Labute approximate surface area is 184 Å². The minimum atomic E-state index is -1.60. The molecule has 0 aromatic carbocycles. The van der Waals surface area contributed by atoms with Gasteiger partial charge < -0.3 is 24.8 Å². The van der Waals surface area contributed by atoms with Crippen LogP contribution in [0.3, 0.4) is 0 Å². The van der Waals surface area contributed by atoms with Crippen LogP contribution < -0.4 is 0 Å². The summed E-state index contributed by atoms with van der Waals surface area (Å²) in [6.07, 6.45) is 3.95. The van der Waals surface area contributed by atoms with Gasteiger partial charge in [-0.05, 0) is 49.9 Å². The van der Waals surface area contributed by atoms with Gasteiger partial charge >= 0.3 is 0 Å². The fourth-order valence-electron chi connectivity index (χ4n) is 9.76. The number of ketones is 1. The molecule has 2 heterocycles. The number of hydrogen-bond acceptors (Lipinski definition) is 6. The van der Waals surface area contributed by atoms with Crippen molar-refractivity contribution in [3.8, 4) is 0 Å². The van der Waals surface area contributed by atoms with Crippen molar-refractivity contribution in [3.05, 3.63) is 12.2 Å². The van der Waals surface area contributed by atoms with E-state index in [0.29, 0.717) is 12.5 Å². The molecule has 0 aromatic rings. The quantitative estimate of drug-likeness (QED) is 0.458. The highest BCUT2D eigenvalue weighted by Crippen LogP contribution is 2.86. The van der Waals surface area contributed by atoms with Crippen LogP contribution in [0, 0.1) is 51.2 Å². The van der Waals surface area contributed by atoms with Crippen molar-refractivity contribution in [1.29, 1.82) is 0 Å². The number of ether oxygens (including phenoxy) is 2. The average Bonchev–Trinajstić information content (AvgIpc) is 2.63. The summed E-state index contributed by atoms with van der Waals surface area (Å²) < 4.78 is 12.8. The second-order valence-corrected chi connectivity index (χ2v) is 13.0. The first kappa shape index (κ1) is 20.8. The van der Waals surface area contributed by atoms with Gasteiger partial charge in [0.1, 0.15) is 11.9 Å². The number of Topliss-reactive ketones (excluding diaryl/α,β-unsaturated/α-hetero) is 1. The van der Waals surface area contributed by atoms with Gasteiger partial charge in [0.15, 0.2) is 5.79 Å². The Morgan fingerprint density at radius 1 is 1.13 bits per heavy atom. The van der Waals surface area contributed by atoms with Crippen LogP contribution in [-0.2, 0) is 14.3 Å². The third-order valence-corrected chi connectivity index (χ3v) is 10.7. The van der Waals surface area contributed by atoms with Gasteiger partial charge in [0.25, 0.3) is 0 Å². The number of carbonyl (C=O) groups is 1. The zero-order chi connectivity index (χ0) is 22.6. The lowest BCUT2D eigenvalue weighted by Crippen LogP contribution is -2.93. The first-order valence-corrected chi connectivity index (χ1v) is 11.9. The Hall–Kier alpha value is -0.790. The second-order valence-electron chi connectivity index (χ2n) is 13.0. The first-order chi connectivity index (χ1) is 14.2. The SMILES string of the molecule is CC(C)(O)OC12OCC3(C=CC(O)C(C)(C)C3C1O)C1CCC3C4C(C(=O)C412)C3(C)C. The van der Waals surface area contributed by atoms with Gasteiger partial charge in [-0.1, -0.05) is 39.8 Å². The average molecular weight is 433 g/mol. The smallest absolute Gasteiger partial charge is 0.211 e. The molecule has 6 nitrogen and oxygen atoms in total. The molecule has 0 aromatic heterocycles. The molecule has 6 heteroatoms. The number of rotatable bonds is 2. The summed E-state index contributed by atoms with van der Waals surface area (Å²) in [5, 5.41) is 33.6. The zero-order valence-corrected chi connectivity index (χ0v) is 19.4. The summed E-state index contributed by atoms with van der Waals surface area (Å²) in [4.78, 5) is 14.1. The number of hydrogen-bond donors (Lipinski definition) is 3. The Kier molecular flexibility index (Phi) is 3.56. The van der Waals surface area contributed by atoms with Gasteiger partial charge in [-0.15, -0.1) is 0 Å². The molecule has 2 aliphatic heterocycles. The van der Waals surface area contributed by atoms with Crippen molar-refractivity contribution in [2.75, 3.05) is 6.61 Å². The molecular formula is C25H36O6. The monoisotopic (exact) mass is 432 g/mol. The predicted molar refractivity (Wildman–Crippen MR) is 111 cm³/mol. The summed E-state index contributed by atoms with van der Waals surface area (Å²) in [6.45, 7) is 11.7. The van der Waals surface area contributed by atoms with Crippen LogP contribution >= 0.6 is 0 Å². The Morgan fingerprint density at radius 2 is 1.81 bits per heavy atom. The number of fused-ring (bicyclic) bond motifs is 1. The molecule has 2 saturated heterocycles. The summed E-state index contributed by atoms with van der Waals surface area (Å²) in [7, 11) is 0. The van der Waals surface area contributed by atoms with Gasteiger partial charge in [0.2, 0.25) is 5.79 Å². The molecule has 10 unspecified atom stereocenters. The fourth-order valence-corrected chi connectivity index (χ4v) is 9.76. The molecular weight excluding hydrogens is 396 g/mol. The van der Waals surface area contributed by atoms with E-state index in [1.54, 1.807) is 0 Å². The van der Waals surface area contributed by atoms with Crippen LogP contribution in [0.4, 0.5) is 0 Å². The van der Waals surface area contributed by atoms with E-state index < -0.39 is 40.0 Å². The van der Waals surface area contributed by atoms with Gasteiger partial charge in [-0.25, -0.2) is 0 Å². The van der Waals surface area contributed by atoms with Crippen LogP contribution in [0.1, 0.15) is 54.4 Å². The number of aliphatic hydroxyl groups is 3. The standard InChI is InChI=1S/C25H36O6/c1-20(2)12-7-8-13-23-10-9-14(26)21(3,4)17(23)19(28)25(30-11-23,31-22(5,6)29)24(13)15(12)16(20)18(24)27/h9-10,12-17,19,26,28-29H,7-8,11H2,1-6H3. The third kappa shape index (κ3) is 1.85. The Morgan fingerprint density at radius 3 is 2.45 bits per heavy atom. The lowest BCUT2D eigenvalue weighted by Gasteiger charge is -2.85. The normalized spacial score (nSPS) is 57.3. The minimum absolute atomic E-state index is 0.0337. The highest BCUT2D eigenvalue weighted by atomic mass is 16.8. The molecule has 0 radical (unpaired) electrons. The van der Waals surface area contributed by atoms with Crippen LogP contribution in [0.15, 0.2) is 12.2 Å². The van der Waals surface area contributed by atoms with E-state index in [9.17, 15) is 20.1 Å². The summed E-state index contributed by atoms with van der Waals surface area (Å²) in [5.74, 6) is -2.98. The zero-order valence-electron chi connectivity index (χ0n) is 19.4. The van der Waals surface area contributed by atoms with E-state index in [2.05, 4.69) is 13.8 Å². The lowest BCUT2D eigenvalue weighted by atomic mass is 9.20. The van der Waals surface area contributed by atoms with Crippen LogP contribution in [-0.4, -0.2) is 51.5 Å². The highest BCUT2D eigenvalue weighted by Gasteiger charge is 2.93. The summed E-state index contributed by atoms with van der Waals surface area (Å²) in [6, 6.07) is 0. The molecule has 5 aliphatic carbocycles. The molecule has 6 fully saturated rings. The summed E-state index contributed by atoms with van der Waals surface area (Å²) >= 11 is 0. The van der Waals surface area contributed by atoms with Crippen LogP contribution in [0.25, 0.3) is 0 Å². The van der Waals surface area contributed by atoms with Crippen molar-refractivity contribution in [3.63, 3.8) is 0 Å². The fraction of sp³-hybridized carbons (Fsp3) is 0.880. The lowest BCUT2D eigenvalue weighted by molar-refractivity contribution is -0.506. The molecule has 4 saturated carbocycles. The number of aliphatic hydroxyl groups excluding tert-OH is 2. The molecule has 0 amide bonds. The first-order valence-electron chi connectivity index (χ1n) is 11.9. The largest absolute Gasteiger partial charge is 0.388 e. The topological polar surface area (TPSA) is 96.2 Å². The van der Waals surface area contributed by atoms with E-state index in [-0.39, 0.29) is 34.9 Å². The third-order valence-electron chi connectivity index (χ3n) is 10.7. The van der Waals surface area contributed by atoms with Gasteiger partial charge in [-0.2, -0.15) is 0 Å². The van der Waals surface area contributed by atoms with Crippen molar-refractivity contribution in [2.24, 2.45) is 51.2 Å². The van der Waals surface area contributed by atoms with E-state index in [4.69, 9.17) is 9.47 Å².